The van der Waals surface area contributed by atoms with E-state index in [4.69, 9.17) is 0 Å². The minimum Gasteiger partial charge on any atom is -0.314 e. The van der Waals surface area contributed by atoms with Crippen LogP contribution in [0.2, 0.25) is 0 Å². The molecule has 3 rings (SSSR count). The van der Waals surface area contributed by atoms with Gasteiger partial charge in [-0.15, -0.1) is 0 Å². The fourth-order valence-electron chi connectivity index (χ4n) is 2.67. The summed E-state index contributed by atoms with van der Waals surface area (Å²) < 4.78 is 0. The van der Waals surface area contributed by atoms with Crippen molar-refractivity contribution >= 4 is 0 Å². The highest BCUT2D eigenvalue weighted by atomic mass is 14.9. The van der Waals surface area contributed by atoms with Crippen molar-refractivity contribution in [3.8, 4) is 0 Å². The van der Waals surface area contributed by atoms with Gasteiger partial charge in [-0.2, -0.15) is 0 Å². The average Bonchev–Trinajstić information content (AvgIpc) is 2.17. The fraction of sp³-hybridized carbons (Fsp3) is 0.833. The molecule has 1 saturated carbocycles. The van der Waals surface area contributed by atoms with Crippen LogP contribution in [0, 0.1) is 17.8 Å². The van der Waals surface area contributed by atoms with Crippen LogP contribution >= 0.6 is 0 Å². The molecule has 3 aliphatic carbocycles. The third kappa shape index (κ3) is 2.14. The maximum absolute atomic E-state index is 3.57. The van der Waals surface area contributed by atoms with Crippen molar-refractivity contribution in [2.75, 3.05) is 6.54 Å². The van der Waals surface area contributed by atoms with Crippen molar-refractivity contribution in [2.45, 2.75) is 39.2 Å². The molecule has 3 atom stereocenters. The minimum absolute atomic E-state index is 0.643. The molecule has 74 valence electrons. The van der Waals surface area contributed by atoms with E-state index in [2.05, 4.69) is 31.3 Å². The molecule has 0 spiro atoms. The first-order valence-electron chi connectivity index (χ1n) is 5.67. The van der Waals surface area contributed by atoms with E-state index in [1.807, 2.05) is 0 Å². The Kier molecular flexibility index (Phi) is 2.73. The zero-order valence-electron chi connectivity index (χ0n) is 8.79. The van der Waals surface area contributed by atoms with Gasteiger partial charge in [0.05, 0.1) is 0 Å². The lowest BCUT2D eigenvalue weighted by Gasteiger charge is -2.38. The summed E-state index contributed by atoms with van der Waals surface area (Å²) in [6, 6.07) is 0.643. The Morgan fingerprint density at radius 1 is 1.31 bits per heavy atom. The predicted octanol–water partition coefficient (Wildman–Crippen LogP) is 2.59. The second-order valence-electron chi connectivity index (χ2n) is 4.94. The first-order chi connectivity index (χ1) is 6.25. The molecule has 1 nitrogen and oxygen atoms in total. The van der Waals surface area contributed by atoms with Crippen molar-refractivity contribution < 1.29 is 0 Å². The molecule has 0 heterocycles. The van der Waals surface area contributed by atoms with Gasteiger partial charge in [-0.1, -0.05) is 26.0 Å². The summed E-state index contributed by atoms with van der Waals surface area (Å²) >= 11 is 0. The van der Waals surface area contributed by atoms with E-state index in [0.717, 1.165) is 17.8 Å². The molecule has 13 heavy (non-hydrogen) atoms. The van der Waals surface area contributed by atoms with E-state index >= 15 is 0 Å². The highest BCUT2D eigenvalue weighted by Gasteiger charge is 2.31. The number of hydrogen-bond donors (Lipinski definition) is 1. The van der Waals surface area contributed by atoms with Crippen LogP contribution in [0.3, 0.4) is 0 Å². The first-order valence-corrected chi connectivity index (χ1v) is 5.67. The van der Waals surface area contributed by atoms with Gasteiger partial charge in [0.25, 0.3) is 0 Å². The Balaban J connectivity index is 1.85. The minimum atomic E-state index is 0.643. The molecular weight excluding hydrogens is 158 g/mol. The largest absolute Gasteiger partial charge is 0.314 e. The topological polar surface area (TPSA) is 12.0 Å². The lowest BCUT2D eigenvalue weighted by Crippen LogP contribution is -2.37. The Labute approximate surface area is 81.6 Å². The van der Waals surface area contributed by atoms with E-state index < -0.39 is 0 Å². The molecule has 0 aromatic carbocycles. The van der Waals surface area contributed by atoms with Crippen LogP contribution in [-0.4, -0.2) is 12.6 Å². The van der Waals surface area contributed by atoms with E-state index in [-0.39, 0.29) is 0 Å². The van der Waals surface area contributed by atoms with E-state index in [9.17, 15) is 0 Å². The molecule has 0 aromatic rings. The molecule has 0 aliphatic heterocycles. The molecule has 1 N–H and O–H groups in total. The van der Waals surface area contributed by atoms with E-state index in [1.165, 1.54) is 25.8 Å². The maximum Gasteiger partial charge on any atom is 0.00104 e. The number of rotatable bonds is 3. The molecule has 1 heteroatoms. The van der Waals surface area contributed by atoms with Gasteiger partial charge >= 0.3 is 0 Å². The van der Waals surface area contributed by atoms with Gasteiger partial charge in [-0.05, 0) is 43.6 Å². The van der Waals surface area contributed by atoms with Crippen molar-refractivity contribution in [3.63, 3.8) is 0 Å². The summed E-state index contributed by atoms with van der Waals surface area (Å²) in [5.41, 5.74) is 0. The van der Waals surface area contributed by atoms with Crippen LogP contribution in [0.25, 0.3) is 0 Å². The fourth-order valence-corrected chi connectivity index (χ4v) is 2.67. The zero-order valence-corrected chi connectivity index (χ0v) is 8.79. The highest BCUT2D eigenvalue weighted by molar-refractivity contribution is 5.06. The summed E-state index contributed by atoms with van der Waals surface area (Å²) in [6.07, 6.45) is 9.22. The predicted molar refractivity (Wildman–Crippen MR) is 56.6 cm³/mol. The lowest BCUT2D eigenvalue weighted by molar-refractivity contribution is 0.212. The van der Waals surface area contributed by atoms with Crippen LogP contribution in [0.4, 0.5) is 0 Å². The van der Waals surface area contributed by atoms with Gasteiger partial charge in [0.2, 0.25) is 0 Å². The van der Waals surface area contributed by atoms with Crippen molar-refractivity contribution in [3.05, 3.63) is 12.2 Å². The van der Waals surface area contributed by atoms with E-state index in [0.29, 0.717) is 6.04 Å². The number of nitrogens with one attached hydrogen (secondary N) is 1. The van der Waals surface area contributed by atoms with Crippen LogP contribution in [0.1, 0.15) is 33.1 Å². The quantitative estimate of drug-likeness (QED) is 0.657. The average molecular weight is 179 g/mol. The molecule has 2 bridgehead atoms. The van der Waals surface area contributed by atoms with Gasteiger partial charge < -0.3 is 5.32 Å². The molecule has 3 aliphatic rings. The Bertz CT molecular complexity index is 195. The summed E-state index contributed by atoms with van der Waals surface area (Å²) in [7, 11) is 0. The highest BCUT2D eigenvalue weighted by Crippen LogP contribution is 2.39. The van der Waals surface area contributed by atoms with Gasteiger partial charge in [-0.25, -0.2) is 0 Å². The number of fused-ring (bicyclic) bond motifs is 2. The standard InChI is InChI=1S/C12H21N/c1-9(2)13-8-12-7-10-3-5-11(12)6-4-10/h3,5,9-13H,4,6-8H2,1-2H3/t10-,11+,12+/m1/s1. The van der Waals surface area contributed by atoms with Crippen LogP contribution in [0.15, 0.2) is 12.2 Å². The smallest absolute Gasteiger partial charge is 0.00104 e. The molecule has 0 saturated heterocycles. The molecule has 0 unspecified atom stereocenters. The summed E-state index contributed by atoms with van der Waals surface area (Å²) in [5.74, 6) is 2.71. The molecule has 0 aromatic heterocycles. The van der Waals surface area contributed by atoms with E-state index in [1.54, 1.807) is 0 Å². The van der Waals surface area contributed by atoms with Crippen LogP contribution < -0.4 is 5.32 Å². The zero-order chi connectivity index (χ0) is 9.26. The Hall–Kier alpha value is -0.300. The number of hydrogen-bond acceptors (Lipinski definition) is 1. The summed E-state index contributed by atoms with van der Waals surface area (Å²) in [5, 5.41) is 3.57. The van der Waals surface area contributed by atoms with Gasteiger partial charge in [0.1, 0.15) is 0 Å². The van der Waals surface area contributed by atoms with Crippen molar-refractivity contribution in [2.24, 2.45) is 17.8 Å². The monoisotopic (exact) mass is 179 g/mol. The second kappa shape index (κ2) is 3.83. The lowest BCUT2D eigenvalue weighted by atomic mass is 9.69. The number of allylic oxidation sites excluding steroid dienone is 2. The maximum atomic E-state index is 3.57. The third-order valence-corrected chi connectivity index (χ3v) is 3.50. The summed E-state index contributed by atoms with van der Waals surface area (Å²) in [6.45, 7) is 5.69. The van der Waals surface area contributed by atoms with Gasteiger partial charge in [0, 0.05) is 6.04 Å². The molecular formula is C12H21N. The van der Waals surface area contributed by atoms with Gasteiger partial charge in [-0.3, -0.25) is 0 Å². The Morgan fingerprint density at radius 2 is 2.15 bits per heavy atom. The summed E-state index contributed by atoms with van der Waals surface area (Å²) in [4.78, 5) is 0. The second-order valence-corrected chi connectivity index (χ2v) is 4.94. The SMILES string of the molecule is CC(C)NC[C@@H]1C[C@@H]2C=C[C@H]1CC2. The van der Waals surface area contributed by atoms with Crippen molar-refractivity contribution in [1.29, 1.82) is 0 Å². The van der Waals surface area contributed by atoms with Crippen LogP contribution in [0.5, 0.6) is 0 Å². The molecule has 1 fully saturated rings. The normalized spacial score (nSPS) is 37.3. The Morgan fingerprint density at radius 3 is 2.62 bits per heavy atom. The third-order valence-electron chi connectivity index (χ3n) is 3.50. The first kappa shape index (κ1) is 9.26. The van der Waals surface area contributed by atoms with Crippen LogP contribution in [-0.2, 0) is 0 Å². The van der Waals surface area contributed by atoms with Crippen molar-refractivity contribution in [1.82, 2.24) is 5.32 Å². The molecule has 0 amide bonds. The molecule has 0 radical (unpaired) electrons. The van der Waals surface area contributed by atoms with Gasteiger partial charge in [0.15, 0.2) is 0 Å².